The van der Waals surface area contributed by atoms with Gasteiger partial charge in [-0.3, -0.25) is 14.5 Å². The largest absolute Gasteiger partial charge is 0.379 e. The van der Waals surface area contributed by atoms with E-state index in [4.69, 9.17) is 4.74 Å². The number of rotatable bonds is 16. The molecule has 2 atom stereocenters. The molecule has 2 aliphatic rings. The summed E-state index contributed by atoms with van der Waals surface area (Å²) in [6.07, 6.45) is 6.78. The zero-order chi connectivity index (χ0) is 35.3. The van der Waals surface area contributed by atoms with Gasteiger partial charge in [0.2, 0.25) is 5.91 Å². The molecule has 8 nitrogen and oxygen atoms in total. The van der Waals surface area contributed by atoms with Crippen LogP contribution in [0.25, 0.3) is 11.1 Å². The molecule has 2 N–H and O–H groups in total. The van der Waals surface area contributed by atoms with Crippen LogP contribution in [0.1, 0.15) is 95.1 Å². The highest BCUT2D eigenvalue weighted by Crippen LogP contribution is 2.34. The third-order valence-corrected chi connectivity index (χ3v) is 10.6. The molecule has 2 aliphatic heterocycles. The van der Waals surface area contributed by atoms with Gasteiger partial charge in [-0.15, -0.1) is 0 Å². The first-order chi connectivity index (χ1) is 23.6. The van der Waals surface area contributed by atoms with E-state index in [-0.39, 0.29) is 30.2 Å². The van der Waals surface area contributed by atoms with Crippen LogP contribution in [0.3, 0.4) is 0 Å². The van der Waals surface area contributed by atoms with Gasteiger partial charge in [-0.1, -0.05) is 58.9 Å². The normalized spacial score (nSPS) is 17.5. The molecule has 2 heterocycles. The highest BCUT2D eigenvalue weighted by atomic mass is 16.5. The van der Waals surface area contributed by atoms with Crippen LogP contribution in [0.5, 0.6) is 0 Å². The first kappa shape index (κ1) is 38.7. The Morgan fingerprint density at radius 3 is 2.31 bits per heavy atom. The van der Waals surface area contributed by atoms with E-state index in [2.05, 4.69) is 104 Å². The molecule has 0 saturated carbocycles. The van der Waals surface area contributed by atoms with Gasteiger partial charge in [0.1, 0.15) is 0 Å². The molecule has 49 heavy (non-hydrogen) atoms. The molecule has 2 saturated heterocycles. The molecule has 8 heteroatoms. The summed E-state index contributed by atoms with van der Waals surface area (Å²) >= 11 is 0. The molecule has 0 aromatic heterocycles. The van der Waals surface area contributed by atoms with E-state index in [1.54, 1.807) is 0 Å². The van der Waals surface area contributed by atoms with Crippen LogP contribution in [0.15, 0.2) is 41.4 Å². The number of carbonyl (C=O) groups excluding carboxylic acids is 2. The molecular formula is C41H63N5O3. The molecule has 0 bridgehead atoms. The Labute approximate surface area is 296 Å². The molecule has 2 aromatic rings. The third kappa shape index (κ3) is 11.0. The molecule has 270 valence electrons. The van der Waals surface area contributed by atoms with Crippen molar-refractivity contribution >= 4 is 23.7 Å². The van der Waals surface area contributed by atoms with Crippen molar-refractivity contribution in [1.82, 2.24) is 15.5 Å². The molecule has 2 unspecified atom stereocenters. The molecular weight excluding hydrogens is 610 g/mol. The highest BCUT2D eigenvalue weighted by molar-refractivity contribution is 5.99. The van der Waals surface area contributed by atoms with Crippen LogP contribution in [0.4, 0.5) is 5.69 Å². The summed E-state index contributed by atoms with van der Waals surface area (Å²) in [6.45, 7) is 22.6. The fourth-order valence-electron chi connectivity index (χ4n) is 7.48. The van der Waals surface area contributed by atoms with Crippen molar-refractivity contribution in [3.63, 3.8) is 0 Å². The molecule has 0 radical (unpaired) electrons. The van der Waals surface area contributed by atoms with Gasteiger partial charge in [0.15, 0.2) is 0 Å². The van der Waals surface area contributed by atoms with E-state index in [9.17, 15) is 9.59 Å². The van der Waals surface area contributed by atoms with E-state index < -0.39 is 0 Å². The maximum absolute atomic E-state index is 14.2. The lowest BCUT2D eigenvalue weighted by atomic mass is 9.86. The Bertz CT molecular complexity index is 1360. The van der Waals surface area contributed by atoms with Crippen molar-refractivity contribution in [3.8, 4) is 11.1 Å². The minimum Gasteiger partial charge on any atom is -0.379 e. The topological polar surface area (TPSA) is 86.3 Å². The maximum atomic E-state index is 14.2. The fourth-order valence-corrected chi connectivity index (χ4v) is 7.48. The second-order valence-corrected chi connectivity index (χ2v) is 14.6. The predicted octanol–water partition coefficient (Wildman–Crippen LogP) is 7.13. The quantitative estimate of drug-likeness (QED) is 0.185. The van der Waals surface area contributed by atoms with Gasteiger partial charge < -0.3 is 20.3 Å². The van der Waals surface area contributed by atoms with Gasteiger partial charge >= 0.3 is 0 Å². The number of hydrogen-bond donors (Lipinski definition) is 2. The second kappa shape index (κ2) is 19.4. The summed E-state index contributed by atoms with van der Waals surface area (Å²) in [5.41, 5.74) is 6.17. The molecule has 2 fully saturated rings. The number of piperidine rings is 1. The summed E-state index contributed by atoms with van der Waals surface area (Å²) < 4.78 is 5.53. The first-order valence-corrected chi connectivity index (χ1v) is 19.0. The number of morpholine rings is 1. The summed E-state index contributed by atoms with van der Waals surface area (Å²) in [5, 5.41) is 6.71. The summed E-state index contributed by atoms with van der Waals surface area (Å²) in [6, 6.07) is 13.5. The molecule has 0 aliphatic carbocycles. The second-order valence-electron chi connectivity index (χ2n) is 14.6. The lowest BCUT2D eigenvalue weighted by molar-refractivity contribution is -0.122. The van der Waals surface area contributed by atoms with Crippen LogP contribution in [0.2, 0.25) is 0 Å². The molecule has 0 spiro atoms. The van der Waals surface area contributed by atoms with Gasteiger partial charge in [0.25, 0.3) is 5.91 Å². The van der Waals surface area contributed by atoms with Gasteiger partial charge in [0, 0.05) is 56.2 Å². The van der Waals surface area contributed by atoms with E-state index in [0.29, 0.717) is 23.4 Å². The van der Waals surface area contributed by atoms with E-state index in [0.717, 1.165) is 107 Å². The predicted molar refractivity (Wildman–Crippen MR) is 204 cm³/mol. The number of hydrogen-bond acceptors (Lipinski definition) is 6. The van der Waals surface area contributed by atoms with Crippen molar-refractivity contribution in [2.75, 3.05) is 57.4 Å². The van der Waals surface area contributed by atoms with Crippen molar-refractivity contribution < 1.29 is 14.3 Å². The zero-order valence-electron chi connectivity index (χ0n) is 31.4. The number of nitrogens with zero attached hydrogens (tertiary/aromatic N) is 3. The summed E-state index contributed by atoms with van der Waals surface area (Å²) in [7, 11) is 0. The van der Waals surface area contributed by atoms with Crippen LogP contribution >= 0.6 is 0 Å². The highest BCUT2D eigenvalue weighted by Gasteiger charge is 2.28. The number of amides is 2. The molecule has 4 rings (SSSR count). The van der Waals surface area contributed by atoms with E-state index in [1.807, 2.05) is 12.3 Å². The first-order valence-electron chi connectivity index (χ1n) is 19.0. The van der Waals surface area contributed by atoms with Crippen molar-refractivity contribution in [1.29, 1.82) is 0 Å². The lowest BCUT2D eigenvalue weighted by Crippen LogP contribution is -2.43. The van der Waals surface area contributed by atoms with Crippen molar-refractivity contribution in [2.45, 2.75) is 93.2 Å². The van der Waals surface area contributed by atoms with Gasteiger partial charge in [0.05, 0.1) is 19.1 Å². The SMILES string of the molecule is CCC(C=NC(=O)C(CNC(=O)c1cc(-c2ccc(CN3CCOCC3)cc2)cc(N(CC)C2CCNCC2)c1C)C(C)CC(C)C)CC. The number of ether oxygens (including phenoxy) is 1. The number of carbonyl (C=O) groups is 2. The van der Waals surface area contributed by atoms with Crippen molar-refractivity contribution in [3.05, 3.63) is 53.1 Å². The fraction of sp³-hybridized carbons (Fsp3) is 0.634. The summed E-state index contributed by atoms with van der Waals surface area (Å²) in [5.74, 6) is 0.192. The van der Waals surface area contributed by atoms with Crippen LogP contribution < -0.4 is 15.5 Å². The third-order valence-electron chi connectivity index (χ3n) is 10.6. The monoisotopic (exact) mass is 673 g/mol. The number of anilines is 1. The Hall–Kier alpha value is -3.07. The van der Waals surface area contributed by atoms with Crippen LogP contribution in [-0.4, -0.2) is 81.5 Å². The summed E-state index contributed by atoms with van der Waals surface area (Å²) in [4.78, 5) is 37.0. The van der Waals surface area contributed by atoms with Crippen molar-refractivity contribution in [2.24, 2.45) is 28.7 Å². The Morgan fingerprint density at radius 2 is 1.69 bits per heavy atom. The Morgan fingerprint density at radius 1 is 1.02 bits per heavy atom. The number of aliphatic imine (C=N–C) groups is 1. The van der Waals surface area contributed by atoms with Crippen LogP contribution in [0, 0.1) is 30.6 Å². The number of benzene rings is 2. The molecule has 2 aromatic carbocycles. The van der Waals surface area contributed by atoms with Crippen LogP contribution in [-0.2, 0) is 16.1 Å². The van der Waals surface area contributed by atoms with E-state index in [1.165, 1.54) is 5.56 Å². The molecule has 2 amide bonds. The van der Waals surface area contributed by atoms with Gasteiger partial charge in [-0.25, -0.2) is 4.99 Å². The van der Waals surface area contributed by atoms with E-state index >= 15 is 0 Å². The Kier molecular flexibility index (Phi) is 15.3. The van der Waals surface area contributed by atoms with Gasteiger partial charge in [-0.2, -0.15) is 0 Å². The minimum absolute atomic E-state index is 0.0983. The minimum atomic E-state index is -0.374. The average Bonchev–Trinajstić information content (AvgIpc) is 3.10. The lowest BCUT2D eigenvalue weighted by Gasteiger charge is -2.37. The standard InChI is InChI=1S/C41H63N5O3/c1-8-32(9-2)26-43-41(48)38(30(6)23-29(4)5)27-44-40(47)37-24-35(25-39(31(37)7)46(10-3)36-15-17-42-18-16-36)34-13-11-33(12-14-34)28-45-19-21-49-22-20-45/h11-14,24-26,29-30,32,36,38,42H,8-10,15-23,27-28H2,1-7H3,(H,44,47). The Balaban J connectivity index is 1.64. The zero-order valence-corrected chi connectivity index (χ0v) is 31.4. The van der Waals surface area contributed by atoms with Gasteiger partial charge in [-0.05, 0) is 111 Å². The number of nitrogens with one attached hydrogen (secondary N) is 2. The maximum Gasteiger partial charge on any atom is 0.251 e. The smallest absolute Gasteiger partial charge is 0.251 e. The average molecular weight is 674 g/mol.